The molecule has 0 aliphatic carbocycles. The summed E-state index contributed by atoms with van der Waals surface area (Å²) >= 11 is 0. The summed E-state index contributed by atoms with van der Waals surface area (Å²) in [6.07, 6.45) is 0. The van der Waals surface area contributed by atoms with Crippen molar-refractivity contribution in [3.05, 3.63) is 0 Å². The second-order valence-corrected chi connectivity index (χ2v) is 1.22. The first-order valence-corrected chi connectivity index (χ1v) is 2.15. The molecule has 0 aromatic carbocycles. The molecule has 1 fully saturated rings. The van der Waals surface area contributed by atoms with E-state index in [1.54, 1.807) is 0 Å². The first-order valence-electron chi connectivity index (χ1n) is 2.15. The van der Waals surface area contributed by atoms with E-state index >= 15 is 0 Å². The maximum Gasteiger partial charge on any atom is 0.0701 e. The zero-order chi connectivity index (χ0) is 4.24. The molecular formula is C4H8O2Ru. The Balaban J connectivity index is 0.000000360. The molecule has 1 aliphatic heterocycles. The second-order valence-electron chi connectivity index (χ2n) is 1.22. The fourth-order valence-electron chi connectivity index (χ4n) is 0.440. The van der Waals surface area contributed by atoms with Crippen LogP contribution in [0.2, 0.25) is 0 Å². The average molecular weight is 189 g/mol. The third kappa shape index (κ3) is 3.15. The summed E-state index contributed by atoms with van der Waals surface area (Å²) in [5, 5.41) is 0. The quantitative estimate of drug-likeness (QED) is 0.500. The van der Waals surface area contributed by atoms with Gasteiger partial charge in [0.25, 0.3) is 0 Å². The molecule has 7 heavy (non-hydrogen) atoms. The summed E-state index contributed by atoms with van der Waals surface area (Å²) in [5.74, 6) is 0. The fourth-order valence-corrected chi connectivity index (χ4v) is 0.440. The molecular weight excluding hydrogens is 181 g/mol. The molecule has 0 atom stereocenters. The fraction of sp³-hybridized carbons (Fsp3) is 1.00. The molecule has 1 aliphatic rings. The van der Waals surface area contributed by atoms with Crippen molar-refractivity contribution < 1.29 is 29.0 Å². The third-order valence-electron chi connectivity index (χ3n) is 0.744. The molecule has 1 heterocycles. The van der Waals surface area contributed by atoms with E-state index in [4.69, 9.17) is 9.47 Å². The van der Waals surface area contributed by atoms with Crippen molar-refractivity contribution in [1.29, 1.82) is 0 Å². The summed E-state index contributed by atoms with van der Waals surface area (Å²) in [4.78, 5) is 0. The van der Waals surface area contributed by atoms with Crippen molar-refractivity contribution in [1.82, 2.24) is 0 Å². The Morgan fingerprint density at radius 3 is 1.14 bits per heavy atom. The van der Waals surface area contributed by atoms with Crippen LogP contribution in [-0.2, 0) is 29.0 Å². The van der Waals surface area contributed by atoms with Crippen LogP contribution < -0.4 is 0 Å². The predicted molar refractivity (Wildman–Crippen MR) is 21.6 cm³/mol. The minimum atomic E-state index is 0. The normalized spacial score (nSPS) is 20.6. The molecule has 1 rings (SSSR count). The minimum Gasteiger partial charge on any atom is -0.377 e. The number of hydrogen-bond acceptors (Lipinski definition) is 2. The van der Waals surface area contributed by atoms with Gasteiger partial charge >= 0.3 is 0 Å². The van der Waals surface area contributed by atoms with E-state index in [1.165, 1.54) is 0 Å². The van der Waals surface area contributed by atoms with Gasteiger partial charge in [0.15, 0.2) is 0 Å². The van der Waals surface area contributed by atoms with Gasteiger partial charge in [0.05, 0.1) is 26.4 Å². The van der Waals surface area contributed by atoms with Crippen LogP contribution in [-0.4, -0.2) is 26.4 Å². The van der Waals surface area contributed by atoms with E-state index in [0.29, 0.717) is 0 Å². The van der Waals surface area contributed by atoms with Crippen molar-refractivity contribution in [3.8, 4) is 0 Å². The van der Waals surface area contributed by atoms with Crippen LogP contribution in [0.4, 0.5) is 0 Å². The summed E-state index contributed by atoms with van der Waals surface area (Å²) in [6.45, 7) is 3.11. The largest absolute Gasteiger partial charge is 0.377 e. The Hall–Kier alpha value is 0.543. The number of ether oxygens (including phenoxy) is 2. The van der Waals surface area contributed by atoms with E-state index in [0.717, 1.165) is 26.4 Å². The molecule has 0 amide bonds. The Kier molecular flexibility index (Phi) is 5.06. The summed E-state index contributed by atoms with van der Waals surface area (Å²) in [7, 11) is 0. The zero-order valence-electron chi connectivity index (χ0n) is 4.00. The molecule has 0 aromatic heterocycles. The predicted octanol–water partition coefficient (Wildman–Crippen LogP) is 0.0307. The minimum absolute atomic E-state index is 0. The SMILES string of the molecule is C1COCCO1.[Ru]. The average Bonchev–Trinajstić information content (AvgIpc) is 1.72. The first kappa shape index (κ1) is 7.54. The Labute approximate surface area is 55.9 Å². The van der Waals surface area contributed by atoms with E-state index in [-0.39, 0.29) is 19.5 Å². The van der Waals surface area contributed by atoms with Crippen LogP contribution in [0.15, 0.2) is 0 Å². The molecule has 0 bridgehead atoms. The van der Waals surface area contributed by atoms with Crippen LogP contribution in [0.3, 0.4) is 0 Å². The van der Waals surface area contributed by atoms with Gasteiger partial charge in [-0.25, -0.2) is 0 Å². The van der Waals surface area contributed by atoms with Crippen molar-refractivity contribution in [3.63, 3.8) is 0 Å². The van der Waals surface area contributed by atoms with Gasteiger partial charge in [-0.1, -0.05) is 0 Å². The number of hydrogen-bond donors (Lipinski definition) is 0. The molecule has 0 saturated carbocycles. The van der Waals surface area contributed by atoms with Crippen molar-refractivity contribution >= 4 is 0 Å². The Morgan fingerprint density at radius 2 is 1.00 bits per heavy atom. The van der Waals surface area contributed by atoms with E-state index in [1.807, 2.05) is 0 Å². The van der Waals surface area contributed by atoms with Crippen LogP contribution >= 0.6 is 0 Å². The van der Waals surface area contributed by atoms with E-state index < -0.39 is 0 Å². The smallest absolute Gasteiger partial charge is 0.0701 e. The van der Waals surface area contributed by atoms with Gasteiger partial charge in [0, 0.05) is 19.5 Å². The van der Waals surface area contributed by atoms with Crippen molar-refractivity contribution in [2.75, 3.05) is 26.4 Å². The van der Waals surface area contributed by atoms with Gasteiger partial charge in [-0.05, 0) is 0 Å². The third-order valence-corrected chi connectivity index (χ3v) is 0.744. The van der Waals surface area contributed by atoms with Gasteiger partial charge < -0.3 is 9.47 Å². The standard InChI is InChI=1S/C4H8O2.Ru/c1-2-6-4-3-5-1;/h1-4H2;. The van der Waals surface area contributed by atoms with Gasteiger partial charge in [0.2, 0.25) is 0 Å². The molecule has 0 spiro atoms. The zero-order valence-corrected chi connectivity index (χ0v) is 5.74. The Morgan fingerprint density at radius 1 is 0.714 bits per heavy atom. The first-order chi connectivity index (χ1) is 3.00. The van der Waals surface area contributed by atoms with Gasteiger partial charge in [-0.3, -0.25) is 0 Å². The van der Waals surface area contributed by atoms with Crippen LogP contribution in [0.5, 0.6) is 0 Å². The monoisotopic (exact) mass is 190 g/mol. The maximum absolute atomic E-state index is 4.94. The van der Waals surface area contributed by atoms with Gasteiger partial charge in [0.1, 0.15) is 0 Å². The molecule has 0 radical (unpaired) electrons. The number of rotatable bonds is 0. The summed E-state index contributed by atoms with van der Waals surface area (Å²) in [5.41, 5.74) is 0. The summed E-state index contributed by atoms with van der Waals surface area (Å²) in [6, 6.07) is 0. The van der Waals surface area contributed by atoms with E-state index in [2.05, 4.69) is 0 Å². The second kappa shape index (κ2) is 4.70. The molecule has 0 unspecified atom stereocenters. The van der Waals surface area contributed by atoms with Crippen LogP contribution in [0.25, 0.3) is 0 Å². The molecule has 3 heteroatoms. The molecule has 44 valence electrons. The molecule has 0 N–H and O–H groups in total. The topological polar surface area (TPSA) is 18.5 Å². The summed E-state index contributed by atoms with van der Waals surface area (Å²) < 4.78 is 9.89. The van der Waals surface area contributed by atoms with Crippen LogP contribution in [0, 0.1) is 0 Å². The maximum atomic E-state index is 4.94. The van der Waals surface area contributed by atoms with Crippen molar-refractivity contribution in [2.24, 2.45) is 0 Å². The van der Waals surface area contributed by atoms with Gasteiger partial charge in [-0.15, -0.1) is 0 Å². The van der Waals surface area contributed by atoms with E-state index in [9.17, 15) is 0 Å². The molecule has 2 nitrogen and oxygen atoms in total. The molecule has 1 saturated heterocycles. The molecule has 0 aromatic rings. The van der Waals surface area contributed by atoms with Crippen LogP contribution in [0.1, 0.15) is 0 Å². The van der Waals surface area contributed by atoms with Gasteiger partial charge in [-0.2, -0.15) is 0 Å². The Bertz CT molecular complexity index is 25.2. The van der Waals surface area contributed by atoms with Crippen molar-refractivity contribution in [2.45, 2.75) is 0 Å².